The smallest absolute Gasteiger partial charge is 0.352 e. The standard InChI is InChI=1S/C39H50N8O7/c1-22(2)27-21-44-28-11-7-6-10-25(28)31(27)26-20-24(13-14-30(26)54-19-9-16-40)34(48)45-29(12-8-17-43-38(41)42)36(50)47-18-15-39(5,53)33(47)35(49)46-32(23(3)4)37(51)52/h6-7,10-11,13-14,20-21,29,33,53H,1,8-9,12,15-19,40H2,2-5H3,(H,45,48)(H,46,49)(H,51,52)(H4,41,42,43)/t29-,33+,39+/m0/s1. The van der Waals surface area contributed by atoms with E-state index in [-0.39, 0.29) is 49.6 Å². The molecule has 0 aliphatic carbocycles. The van der Waals surface area contributed by atoms with E-state index in [0.29, 0.717) is 36.5 Å². The van der Waals surface area contributed by atoms with E-state index in [9.17, 15) is 29.4 Å². The van der Waals surface area contributed by atoms with Crippen LogP contribution in [0.4, 0.5) is 0 Å². The number of aromatic nitrogens is 1. The Hall–Kier alpha value is -5.80. The van der Waals surface area contributed by atoms with Crippen LogP contribution in [0.2, 0.25) is 0 Å². The molecule has 1 aromatic heterocycles. The van der Waals surface area contributed by atoms with E-state index in [2.05, 4.69) is 27.2 Å². The molecule has 3 aromatic rings. The van der Waals surface area contributed by atoms with E-state index < -0.39 is 41.4 Å². The minimum Gasteiger partial charge on any atom is -0.493 e. The number of nitrogens with two attached hydrogens (primary N) is 3. The lowest BCUT2D eigenvalue weighted by Crippen LogP contribution is -2.58. The fourth-order valence-corrected chi connectivity index (χ4v) is 6.41. The summed E-state index contributed by atoms with van der Waals surface area (Å²) >= 11 is 0. The van der Waals surface area contributed by atoms with Crippen LogP contribution < -0.4 is 32.6 Å². The molecule has 0 spiro atoms. The number of pyridine rings is 1. The van der Waals surface area contributed by atoms with Gasteiger partial charge in [-0.1, -0.05) is 24.8 Å². The first-order valence-electron chi connectivity index (χ1n) is 17.7. The summed E-state index contributed by atoms with van der Waals surface area (Å²) in [4.78, 5) is 63.6. The van der Waals surface area contributed by atoms with Crippen LogP contribution in [-0.2, 0) is 14.4 Å². The average Bonchev–Trinajstić information content (AvgIpc) is 3.45. The van der Waals surface area contributed by atoms with Crippen LogP contribution >= 0.6 is 0 Å². The van der Waals surface area contributed by atoms with Gasteiger partial charge >= 0.3 is 5.97 Å². The quantitative estimate of drug-likeness (QED) is 0.0486. The minimum atomic E-state index is -1.69. The molecule has 4 rings (SSSR count). The van der Waals surface area contributed by atoms with Crippen LogP contribution in [0.25, 0.3) is 27.6 Å². The molecule has 3 atom stereocenters. The topological polar surface area (TPSA) is 249 Å². The van der Waals surface area contributed by atoms with E-state index in [1.165, 1.54) is 25.7 Å². The molecule has 2 heterocycles. The van der Waals surface area contributed by atoms with E-state index in [1.807, 2.05) is 31.2 Å². The number of hydrogen-bond acceptors (Lipinski definition) is 9. The molecule has 1 fully saturated rings. The fourth-order valence-electron chi connectivity index (χ4n) is 6.41. The number of likely N-dealkylation sites (tertiary alicyclic amines) is 1. The van der Waals surface area contributed by atoms with Gasteiger partial charge in [0.15, 0.2) is 5.96 Å². The highest BCUT2D eigenvalue weighted by molar-refractivity contribution is 6.04. The second-order valence-electron chi connectivity index (χ2n) is 13.7. The number of hydrogen-bond donors (Lipinski definition) is 7. The molecule has 1 aliphatic heterocycles. The number of benzene rings is 2. The van der Waals surface area contributed by atoms with Crippen molar-refractivity contribution < 1.29 is 34.1 Å². The van der Waals surface area contributed by atoms with Crippen molar-refractivity contribution in [1.82, 2.24) is 20.5 Å². The van der Waals surface area contributed by atoms with Gasteiger partial charge in [0, 0.05) is 46.9 Å². The lowest BCUT2D eigenvalue weighted by atomic mass is 9.91. The van der Waals surface area contributed by atoms with Gasteiger partial charge in [-0.25, -0.2) is 4.79 Å². The zero-order valence-corrected chi connectivity index (χ0v) is 31.1. The first-order valence-corrected chi connectivity index (χ1v) is 17.7. The summed E-state index contributed by atoms with van der Waals surface area (Å²) in [6, 6.07) is 9.92. The number of aliphatic hydroxyl groups is 1. The lowest BCUT2D eigenvalue weighted by Gasteiger charge is -2.33. The van der Waals surface area contributed by atoms with Crippen molar-refractivity contribution in [3.05, 3.63) is 77.6 Å². The predicted molar refractivity (Wildman–Crippen MR) is 207 cm³/mol. The van der Waals surface area contributed by atoms with Crippen LogP contribution in [-0.4, -0.2) is 93.7 Å². The molecular weight excluding hydrogens is 692 g/mol. The van der Waals surface area contributed by atoms with Crippen molar-refractivity contribution in [2.45, 2.75) is 71.1 Å². The molecule has 0 radical (unpaired) electrons. The number of aliphatic imine (C=N–C) groups is 1. The zero-order valence-electron chi connectivity index (χ0n) is 31.1. The van der Waals surface area contributed by atoms with Crippen molar-refractivity contribution in [1.29, 1.82) is 0 Å². The van der Waals surface area contributed by atoms with Gasteiger partial charge in [0.1, 0.15) is 23.5 Å². The van der Waals surface area contributed by atoms with Gasteiger partial charge in [-0.3, -0.25) is 24.4 Å². The SMILES string of the molecule is C=C(C)c1cnc2ccccc2c1-c1cc(C(=O)N[C@@H](CCCN=C(N)N)C(=O)N2CC[C@@](C)(O)[C@H]2C(=O)NC(C(=O)O)=C(C)C)ccc1OCCCN. The zero-order chi connectivity index (χ0) is 39.7. The van der Waals surface area contributed by atoms with Crippen LogP contribution in [0.5, 0.6) is 5.75 Å². The van der Waals surface area contributed by atoms with Crippen molar-refractivity contribution in [2.75, 3.05) is 26.2 Å². The molecule has 0 saturated carbocycles. The maximum Gasteiger partial charge on any atom is 0.352 e. The Labute approximate surface area is 314 Å². The summed E-state index contributed by atoms with van der Waals surface area (Å²) < 4.78 is 6.18. The number of allylic oxidation sites excluding steroid dienone is 2. The number of carboxylic acids is 1. The number of carbonyl (C=O) groups is 4. The number of nitrogens with zero attached hydrogens (tertiary/aromatic N) is 3. The predicted octanol–water partition coefficient (Wildman–Crippen LogP) is 2.66. The Morgan fingerprint density at radius 3 is 2.50 bits per heavy atom. The van der Waals surface area contributed by atoms with Gasteiger partial charge in [-0.05, 0) is 95.3 Å². The molecule has 0 bridgehead atoms. The molecule has 2 aromatic carbocycles. The Bertz CT molecular complexity index is 1980. The van der Waals surface area contributed by atoms with Crippen molar-refractivity contribution >= 4 is 46.1 Å². The number of ether oxygens (including phenoxy) is 1. The highest BCUT2D eigenvalue weighted by Gasteiger charge is 2.50. The molecular formula is C39H50N8O7. The van der Waals surface area contributed by atoms with Crippen molar-refractivity contribution in [3.8, 4) is 16.9 Å². The average molecular weight is 743 g/mol. The minimum absolute atomic E-state index is 0.0286. The molecule has 3 amide bonds. The highest BCUT2D eigenvalue weighted by Crippen LogP contribution is 2.40. The number of nitrogens with one attached hydrogen (secondary N) is 2. The van der Waals surface area contributed by atoms with Gasteiger partial charge in [0.25, 0.3) is 5.91 Å². The third kappa shape index (κ3) is 9.59. The summed E-state index contributed by atoms with van der Waals surface area (Å²) in [5.41, 5.74) is 18.8. The van der Waals surface area contributed by atoms with Crippen molar-refractivity contribution in [3.63, 3.8) is 0 Å². The fraction of sp³-hybridized carbons (Fsp3) is 0.385. The van der Waals surface area contributed by atoms with E-state index >= 15 is 0 Å². The molecule has 1 saturated heterocycles. The Balaban J connectivity index is 1.75. The molecule has 54 heavy (non-hydrogen) atoms. The lowest BCUT2D eigenvalue weighted by molar-refractivity contribution is -0.145. The summed E-state index contributed by atoms with van der Waals surface area (Å²) in [5.74, 6) is -3.11. The molecule has 15 nitrogen and oxygen atoms in total. The van der Waals surface area contributed by atoms with Crippen LogP contribution in [0.3, 0.4) is 0 Å². The third-order valence-electron chi connectivity index (χ3n) is 9.15. The summed E-state index contributed by atoms with van der Waals surface area (Å²) in [6.07, 6.45) is 2.72. The van der Waals surface area contributed by atoms with Crippen LogP contribution in [0.1, 0.15) is 69.3 Å². The molecule has 10 N–H and O–H groups in total. The number of carboxylic acid groups (broad SMARTS) is 1. The van der Waals surface area contributed by atoms with Crippen LogP contribution in [0.15, 0.2) is 71.5 Å². The van der Waals surface area contributed by atoms with Gasteiger partial charge in [-0.15, -0.1) is 0 Å². The van der Waals surface area contributed by atoms with Crippen molar-refractivity contribution in [2.24, 2.45) is 22.2 Å². The number of carbonyl (C=O) groups excluding carboxylic acids is 3. The maximum atomic E-state index is 14.3. The van der Waals surface area contributed by atoms with Gasteiger partial charge < -0.3 is 47.7 Å². The molecule has 15 heteroatoms. The molecule has 1 aliphatic rings. The normalized spacial score (nSPS) is 17.0. The first kappa shape index (κ1) is 41.0. The highest BCUT2D eigenvalue weighted by atomic mass is 16.5. The summed E-state index contributed by atoms with van der Waals surface area (Å²) in [6.45, 7) is 11.4. The van der Waals surface area contributed by atoms with Gasteiger partial charge in [0.05, 0.1) is 17.7 Å². The van der Waals surface area contributed by atoms with Gasteiger partial charge in [0.2, 0.25) is 11.8 Å². The first-order chi connectivity index (χ1) is 25.6. The second-order valence-corrected chi connectivity index (χ2v) is 13.7. The Kier molecular flexibility index (Phi) is 13.5. The molecule has 288 valence electrons. The number of para-hydroxylation sites is 1. The molecule has 0 unspecified atom stereocenters. The largest absolute Gasteiger partial charge is 0.493 e. The van der Waals surface area contributed by atoms with E-state index in [0.717, 1.165) is 27.6 Å². The number of aliphatic carboxylic acids is 1. The van der Waals surface area contributed by atoms with E-state index in [1.54, 1.807) is 24.4 Å². The Morgan fingerprint density at radius 1 is 1.13 bits per heavy atom. The number of amides is 3. The monoisotopic (exact) mass is 742 g/mol. The maximum absolute atomic E-state index is 14.3. The second kappa shape index (κ2) is 17.8. The number of rotatable bonds is 16. The number of fused-ring (bicyclic) bond motifs is 1. The summed E-state index contributed by atoms with van der Waals surface area (Å²) in [5, 5.41) is 26.9. The summed E-state index contributed by atoms with van der Waals surface area (Å²) in [7, 11) is 0. The van der Waals surface area contributed by atoms with E-state index in [4.69, 9.17) is 21.9 Å². The third-order valence-corrected chi connectivity index (χ3v) is 9.15. The van der Waals surface area contributed by atoms with Gasteiger partial charge in [-0.2, -0.15) is 0 Å². The Morgan fingerprint density at radius 2 is 1.85 bits per heavy atom. The number of guanidine groups is 1. The van der Waals surface area contributed by atoms with Crippen LogP contribution in [0, 0.1) is 0 Å².